The quantitative estimate of drug-likeness (QED) is 0.647. The lowest BCUT2D eigenvalue weighted by molar-refractivity contribution is -0.384. The maximum Gasteiger partial charge on any atom is 0.311 e. The third-order valence-corrected chi connectivity index (χ3v) is 3.27. The number of nitrogens with two attached hydrogens (primary N) is 1. The molecule has 1 fully saturated rings. The van der Waals surface area contributed by atoms with Crippen LogP contribution in [0.4, 0.5) is 11.5 Å². The Kier molecular flexibility index (Phi) is 3.94. The fourth-order valence-corrected chi connectivity index (χ4v) is 2.48. The molecule has 1 aliphatic rings. The van der Waals surface area contributed by atoms with Gasteiger partial charge in [-0.05, 0) is 24.8 Å². The Morgan fingerprint density at radius 1 is 1.63 bits per heavy atom. The summed E-state index contributed by atoms with van der Waals surface area (Å²) in [6, 6.07) is 2.99. The number of hydrogen-bond donors (Lipinski definition) is 1. The first-order valence-corrected chi connectivity index (χ1v) is 6.20. The number of nitro groups is 1. The Labute approximate surface area is 110 Å². The molecule has 1 aromatic heterocycles. The van der Waals surface area contributed by atoms with Crippen molar-refractivity contribution in [3.05, 3.63) is 28.4 Å². The number of nitrogens with zero attached hydrogens (tertiary/aromatic N) is 3. The van der Waals surface area contributed by atoms with Gasteiger partial charge >= 0.3 is 5.69 Å². The van der Waals surface area contributed by atoms with Crippen LogP contribution in [0.1, 0.15) is 19.3 Å². The first-order valence-electron chi connectivity index (χ1n) is 6.20. The molecule has 102 valence electrons. The Morgan fingerprint density at radius 2 is 2.42 bits per heavy atom. The SMILES string of the molecule is NC(=O)CC1CCCN(c2ncccc2[N+](=O)[O-])C1. The molecule has 19 heavy (non-hydrogen) atoms. The van der Waals surface area contributed by atoms with Crippen LogP contribution < -0.4 is 10.6 Å². The van der Waals surface area contributed by atoms with Gasteiger partial charge in [-0.25, -0.2) is 4.98 Å². The summed E-state index contributed by atoms with van der Waals surface area (Å²) in [4.78, 5) is 27.5. The van der Waals surface area contributed by atoms with Gasteiger partial charge in [0.05, 0.1) is 4.92 Å². The standard InChI is InChI=1S/C12H16N4O3/c13-11(17)7-9-3-2-6-15(8-9)12-10(16(18)19)4-1-5-14-12/h1,4-5,9H,2-3,6-8H2,(H2,13,17). The van der Waals surface area contributed by atoms with E-state index in [9.17, 15) is 14.9 Å². The summed E-state index contributed by atoms with van der Waals surface area (Å²) in [6.45, 7) is 1.30. The van der Waals surface area contributed by atoms with Crippen molar-refractivity contribution in [3.8, 4) is 0 Å². The second kappa shape index (κ2) is 5.64. The molecular formula is C12H16N4O3. The number of piperidine rings is 1. The van der Waals surface area contributed by atoms with Crippen molar-refractivity contribution in [2.24, 2.45) is 11.7 Å². The zero-order valence-electron chi connectivity index (χ0n) is 10.5. The summed E-state index contributed by atoms with van der Waals surface area (Å²) in [5, 5.41) is 11.0. The van der Waals surface area contributed by atoms with Crippen molar-refractivity contribution in [1.82, 2.24) is 4.98 Å². The van der Waals surface area contributed by atoms with Crippen molar-refractivity contribution in [3.63, 3.8) is 0 Å². The molecule has 2 heterocycles. The van der Waals surface area contributed by atoms with E-state index in [1.807, 2.05) is 4.90 Å². The Hall–Kier alpha value is -2.18. The Balaban J connectivity index is 2.17. The number of primary amides is 1. The number of carbonyl (C=O) groups is 1. The second-order valence-electron chi connectivity index (χ2n) is 4.73. The predicted octanol–water partition coefficient (Wildman–Crippen LogP) is 1.08. The van der Waals surface area contributed by atoms with Crippen LogP contribution in [0.2, 0.25) is 0 Å². The van der Waals surface area contributed by atoms with E-state index in [-0.39, 0.29) is 17.5 Å². The van der Waals surface area contributed by atoms with Crippen LogP contribution in [0.15, 0.2) is 18.3 Å². The van der Waals surface area contributed by atoms with Crippen molar-refractivity contribution in [2.75, 3.05) is 18.0 Å². The minimum absolute atomic E-state index is 0.00206. The zero-order valence-corrected chi connectivity index (χ0v) is 10.5. The molecule has 0 spiro atoms. The molecule has 1 aliphatic heterocycles. The highest BCUT2D eigenvalue weighted by atomic mass is 16.6. The maximum atomic E-state index is 11.0. The topological polar surface area (TPSA) is 102 Å². The van der Waals surface area contributed by atoms with Gasteiger partial charge in [-0.1, -0.05) is 0 Å². The molecule has 0 aliphatic carbocycles. The summed E-state index contributed by atoms with van der Waals surface area (Å²) in [7, 11) is 0. The maximum absolute atomic E-state index is 11.0. The average molecular weight is 264 g/mol. The molecule has 1 unspecified atom stereocenters. The van der Waals surface area contributed by atoms with Gasteiger partial charge in [0.15, 0.2) is 0 Å². The van der Waals surface area contributed by atoms with E-state index < -0.39 is 4.92 Å². The summed E-state index contributed by atoms with van der Waals surface area (Å²) < 4.78 is 0. The van der Waals surface area contributed by atoms with Crippen LogP contribution in [-0.2, 0) is 4.79 Å². The van der Waals surface area contributed by atoms with Gasteiger partial charge in [0.2, 0.25) is 11.7 Å². The normalized spacial score (nSPS) is 19.2. The zero-order chi connectivity index (χ0) is 13.8. The first kappa shape index (κ1) is 13.3. The van der Waals surface area contributed by atoms with E-state index in [0.29, 0.717) is 25.3 Å². The van der Waals surface area contributed by atoms with Crippen molar-refractivity contribution < 1.29 is 9.72 Å². The molecule has 7 heteroatoms. The molecule has 0 aromatic carbocycles. The van der Waals surface area contributed by atoms with Crippen LogP contribution in [0.5, 0.6) is 0 Å². The third-order valence-electron chi connectivity index (χ3n) is 3.27. The smallest absolute Gasteiger partial charge is 0.311 e. The minimum atomic E-state index is -0.431. The van der Waals surface area contributed by atoms with E-state index in [2.05, 4.69) is 4.98 Å². The van der Waals surface area contributed by atoms with Gasteiger partial charge in [0, 0.05) is 31.8 Å². The first-order chi connectivity index (χ1) is 9.08. The second-order valence-corrected chi connectivity index (χ2v) is 4.73. The van der Waals surface area contributed by atoms with Gasteiger partial charge in [-0.2, -0.15) is 0 Å². The number of hydrogen-bond acceptors (Lipinski definition) is 5. The van der Waals surface area contributed by atoms with E-state index in [1.54, 1.807) is 12.3 Å². The van der Waals surface area contributed by atoms with Crippen LogP contribution in [0, 0.1) is 16.0 Å². The molecule has 0 saturated carbocycles. The fourth-order valence-electron chi connectivity index (χ4n) is 2.48. The molecule has 7 nitrogen and oxygen atoms in total. The van der Waals surface area contributed by atoms with Gasteiger partial charge < -0.3 is 10.6 Å². The predicted molar refractivity (Wildman–Crippen MR) is 69.6 cm³/mol. The Morgan fingerprint density at radius 3 is 3.11 bits per heavy atom. The summed E-state index contributed by atoms with van der Waals surface area (Å²) in [5.74, 6) is 0.192. The monoisotopic (exact) mass is 264 g/mol. The van der Waals surface area contributed by atoms with Crippen molar-refractivity contribution in [1.29, 1.82) is 0 Å². The molecular weight excluding hydrogens is 248 g/mol. The highest BCUT2D eigenvalue weighted by Crippen LogP contribution is 2.29. The van der Waals surface area contributed by atoms with Crippen LogP contribution >= 0.6 is 0 Å². The third kappa shape index (κ3) is 3.18. The van der Waals surface area contributed by atoms with Gasteiger partial charge in [0.25, 0.3) is 0 Å². The number of rotatable bonds is 4. The fraction of sp³-hybridized carbons (Fsp3) is 0.500. The van der Waals surface area contributed by atoms with Crippen LogP contribution in [0.3, 0.4) is 0 Å². The van der Waals surface area contributed by atoms with Gasteiger partial charge in [0.1, 0.15) is 0 Å². The highest BCUT2D eigenvalue weighted by Gasteiger charge is 2.27. The molecule has 1 atom stereocenters. The van der Waals surface area contributed by atoms with Crippen molar-refractivity contribution >= 4 is 17.4 Å². The molecule has 1 amide bonds. The van der Waals surface area contributed by atoms with E-state index >= 15 is 0 Å². The number of pyridine rings is 1. The molecule has 1 saturated heterocycles. The largest absolute Gasteiger partial charge is 0.370 e. The van der Waals surface area contributed by atoms with Crippen LogP contribution in [0.25, 0.3) is 0 Å². The molecule has 0 bridgehead atoms. The van der Waals surface area contributed by atoms with Gasteiger partial charge in [-0.3, -0.25) is 14.9 Å². The minimum Gasteiger partial charge on any atom is -0.370 e. The van der Waals surface area contributed by atoms with Gasteiger partial charge in [-0.15, -0.1) is 0 Å². The molecule has 0 radical (unpaired) electrons. The Bertz CT molecular complexity index is 492. The van der Waals surface area contributed by atoms with E-state index in [4.69, 9.17) is 5.73 Å². The number of carbonyl (C=O) groups excluding carboxylic acids is 1. The summed E-state index contributed by atoms with van der Waals surface area (Å²) in [5.41, 5.74) is 5.21. The lowest BCUT2D eigenvalue weighted by Crippen LogP contribution is -2.37. The van der Waals surface area contributed by atoms with E-state index in [0.717, 1.165) is 12.8 Å². The number of aromatic nitrogens is 1. The number of anilines is 1. The average Bonchev–Trinajstić information content (AvgIpc) is 2.38. The highest BCUT2D eigenvalue weighted by molar-refractivity contribution is 5.74. The van der Waals surface area contributed by atoms with Crippen LogP contribution in [-0.4, -0.2) is 28.9 Å². The molecule has 2 N–H and O–H groups in total. The lowest BCUT2D eigenvalue weighted by Gasteiger charge is -2.32. The van der Waals surface area contributed by atoms with Crippen molar-refractivity contribution in [2.45, 2.75) is 19.3 Å². The molecule has 1 aromatic rings. The molecule has 2 rings (SSSR count). The lowest BCUT2D eigenvalue weighted by atomic mass is 9.94. The summed E-state index contributed by atoms with van der Waals surface area (Å²) >= 11 is 0. The van der Waals surface area contributed by atoms with E-state index in [1.165, 1.54) is 6.07 Å². The summed E-state index contributed by atoms with van der Waals surface area (Å²) in [6.07, 6.45) is 3.66. The number of amides is 1.